The van der Waals surface area contributed by atoms with E-state index >= 15 is 0 Å². The van der Waals surface area contributed by atoms with E-state index in [4.69, 9.17) is 4.74 Å². The van der Waals surface area contributed by atoms with Gasteiger partial charge in [-0.05, 0) is 12.1 Å². The first-order valence-electron chi connectivity index (χ1n) is 5.23. The van der Waals surface area contributed by atoms with Crippen molar-refractivity contribution in [2.24, 2.45) is 0 Å². The van der Waals surface area contributed by atoms with Crippen molar-refractivity contribution < 1.29 is 9.84 Å². The summed E-state index contributed by atoms with van der Waals surface area (Å²) in [5.74, 6) is 0.506. The van der Waals surface area contributed by atoms with Crippen LogP contribution < -0.4 is 4.74 Å². The second-order valence-electron chi connectivity index (χ2n) is 3.56. The molecule has 1 aromatic carbocycles. The van der Waals surface area contributed by atoms with E-state index in [9.17, 15) is 5.11 Å². The monoisotopic (exact) mass is 259 g/mol. The van der Waals surface area contributed by atoms with Crippen LogP contribution in [0.5, 0.6) is 11.5 Å². The minimum absolute atomic E-state index is 0.0825. The first-order valence-corrected chi connectivity index (χ1v) is 6.05. The van der Waals surface area contributed by atoms with Gasteiger partial charge in [-0.2, -0.15) is 0 Å². The Morgan fingerprint density at radius 2 is 2.06 bits per heavy atom. The highest BCUT2D eigenvalue weighted by Crippen LogP contribution is 2.39. The maximum Gasteiger partial charge on any atom is 0.190 e. The number of hydrogen-bond acceptors (Lipinski definition) is 6. The molecule has 5 nitrogen and oxygen atoms in total. The van der Waals surface area contributed by atoms with E-state index in [0.29, 0.717) is 22.0 Å². The quantitative estimate of drug-likeness (QED) is 0.765. The number of para-hydroxylation sites is 1. The second kappa shape index (κ2) is 4.23. The molecule has 0 bridgehead atoms. The predicted molar refractivity (Wildman–Crippen MR) is 68.9 cm³/mol. The van der Waals surface area contributed by atoms with Crippen LogP contribution in [0.4, 0.5) is 0 Å². The van der Waals surface area contributed by atoms with Gasteiger partial charge in [0.05, 0.1) is 12.7 Å². The number of fused-ring (bicyclic) bond motifs is 1. The largest absolute Gasteiger partial charge is 0.504 e. The molecule has 0 fully saturated rings. The fourth-order valence-electron chi connectivity index (χ4n) is 1.65. The van der Waals surface area contributed by atoms with Crippen LogP contribution in [0, 0.1) is 0 Å². The SMILES string of the molecule is COc1cccc(-c2nc3nccnc3s2)c1O. The summed E-state index contributed by atoms with van der Waals surface area (Å²) in [7, 11) is 1.51. The number of thiazole rings is 1. The smallest absolute Gasteiger partial charge is 0.190 e. The Hall–Kier alpha value is -2.21. The molecule has 0 unspecified atom stereocenters. The molecule has 0 aliphatic rings. The summed E-state index contributed by atoms with van der Waals surface area (Å²) >= 11 is 1.38. The summed E-state index contributed by atoms with van der Waals surface area (Å²) in [5, 5.41) is 10.7. The molecule has 0 amide bonds. The van der Waals surface area contributed by atoms with Crippen LogP contribution in [0.2, 0.25) is 0 Å². The van der Waals surface area contributed by atoms with Gasteiger partial charge in [-0.3, -0.25) is 0 Å². The molecule has 1 N–H and O–H groups in total. The van der Waals surface area contributed by atoms with Crippen molar-refractivity contribution in [1.29, 1.82) is 0 Å². The van der Waals surface area contributed by atoms with Crippen molar-refractivity contribution in [3.8, 4) is 22.1 Å². The number of phenolic OH excluding ortho intramolecular Hbond substituents is 1. The van der Waals surface area contributed by atoms with Gasteiger partial charge >= 0.3 is 0 Å². The topological polar surface area (TPSA) is 68.1 Å². The first-order chi connectivity index (χ1) is 8.79. The highest BCUT2D eigenvalue weighted by molar-refractivity contribution is 7.21. The van der Waals surface area contributed by atoms with Gasteiger partial charge in [0.2, 0.25) is 0 Å². The molecule has 0 aliphatic heterocycles. The van der Waals surface area contributed by atoms with Gasteiger partial charge in [0.25, 0.3) is 0 Å². The molecule has 3 rings (SSSR count). The summed E-state index contributed by atoms with van der Waals surface area (Å²) in [6, 6.07) is 5.29. The van der Waals surface area contributed by atoms with Crippen molar-refractivity contribution in [2.75, 3.05) is 7.11 Å². The molecule has 90 valence electrons. The first kappa shape index (κ1) is 10.9. The summed E-state index contributed by atoms with van der Waals surface area (Å²) in [4.78, 5) is 13.4. The number of phenols is 1. The molecule has 2 aromatic heterocycles. The van der Waals surface area contributed by atoms with Gasteiger partial charge in [-0.25, -0.2) is 15.0 Å². The van der Waals surface area contributed by atoms with Crippen LogP contribution in [0.25, 0.3) is 21.0 Å². The fraction of sp³-hybridized carbons (Fsp3) is 0.0833. The molecular weight excluding hydrogens is 250 g/mol. The Labute approximate surface area is 107 Å². The van der Waals surface area contributed by atoms with E-state index in [-0.39, 0.29) is 5.75 Å². The highest BCUT2D eigenvalue weighted by atomic mass is 32.1. The number of methoxy groups -OCH3 is 1. The molecule has 2 heterocycles. The Kier molecular flexibility index (Phi) is 2.56. The van der Waals surface area contributed by atoms with Crippen LogP contribution in [-0.2, 0) is 0 Å². The molecule has 0 saturated heterocycles. The maximum atomic E-state index is 10.1. The molecule has 3 aromatic rings. The highest BCUT2D eigenvalue weighted by Gasteiger charge is 2.14. The Morgan fingerprint density at radius 3 is 2.83 bits per heavy atom. The lowest BCUT2D eigenvalue weighted by Gasteiger charge is -2.05. The number of aromatic nitrogens is 3. The fourth-order valence-corrected chi connectivity index (χ4v) is 2.55. The van der Waals surface area contributed by atoms with Crippen LogP contribution in [0.1, 0.15) is 0 Å². The van der Waals surface area contributed by atoms with E-state index in [0.717, 1.165) is 4.83 Å². The van der Waals surface area contributed by atoms with E-state index in [1.54, 1.807) is 30.6 Å². The molecule has 0 atom stereocenters. The van der Waals surface area contributed by atoms with E-state index in [1.807, 2.05) is 0 Å². The zero-order valence-electron chi connectivity index (χ0n) is 9.49. The molecule has 0 spiro atoms. The van der Waals surface area contributed by atoms with Crippen LogP contribution >= 0.6 is 11.3 Å². The van der Waals surface area contributed by atoms with Gasteiger partial charge in [0, 0.05) is 12.4 Å². The Balaban J connectivity index is 2.20. The lowest BCUT2D eigenvalue weighted by molar-refractivity contribution is 0.374. The third-order valence-corrected chi connectivity index (χ3v) is 3.48. The van der Waals surface area contributed by atoms with Gasteiger partial charge < -0.3 is 9.84 Å². The van der Waals surface area contributed by atoms with E-state index < -0.39 is 0 Å². The third-order valence-electron chi connectivity index (χ3n) is 2.50. The molecule has 0 radical (unpaired) electrons. The molecule has 6 heteroatoms. The number of benzene rings is 1. The number of nitrogens with zero attached hydrogens (tertiary/aromatic N) is 3. The molecular formula is C12H9N3O2S. The minimum atomic E-state index is 0.0825. The van der Waals surface area contributed by atoms with E-state index in [2.05, 4.69) is 15.0 Å². The average Bonchev–Trinajstić information content (AvgIpc) is 2.82. The number of rotatable bonds is 2. The van der Waals surface area contributed by atoms with Gasteiger partial charge in [-0.1, -0.05) is 17.4 Å². The van der Waals surface area contributed by atoms with Gasteiger partial charge in [-0.15, -0.1) is 0 Å². The summed E-state index contributed by atoms with van der Waals surface area (Å²) in [6.45, 7) is 0. The average molecular weight is 259 g/mol. The Bertz CT molecular complexity index is 678. The van der Waals surface area contributed by atoms with Crippen LogP contribution in [0.15, 0.2) is 30.6 Å². The molecule has 0 aliphatic carbocycles. The zero-order chi connectivity index (χ0) is 12.5. The third kappa shape index (κ3) is 1.67. The van der Waals surface area contributed by atoms with Crippen molar-refractivity contribution >= 4 is 21.8 Å². The zero-order valence-corrected chi connectivity index (χ0v) is 10.3. The van der Waals surface area contributed by atoms with Crippen LogP contribution in [0.3, 0.4) is 0 Å². The molecule has 0 saturated carbocycles. The number of ether oxygens (including phenoxy) is 1. The van der Waals surface area contributed by atoms with Crippen LogP contribution in [-0.4, -0.2) is 27.2 Å². The van der Waals surface area contributed by atoms with E-state index in [1.165, 1.54) is 18.4 Å². The standard InChI is InChI=1S/C12H9N3O2S/c1-17-8-4-2-3-7(9(8)16)11-15-10-12(18-11)14-6-5-13-10/h2-6,16H,1H3. The van der Waals surface area contributed by atoms with Crippen molar-refractivity contribution in [3.05, 3.63) is 30.6 Å². The Morgan fingerprint density at radius 1 is 1.22 bits per heavy atom. The minimum Gasteiger partial charge on any atom is -0.504 e. The second-order valence-corrected chi connectivity index (χ2v) is 4.54. The predicted octanol–water partition coefficient (Wildman–Crippen LogP) is 2.47. The van der Waals surface area contributed by atoms with Crippen molar-refractivity contribution in [2.45, 2.75) is 0 Å². The van der Waals surface area contributed by atoms with Crippen molar-refractivity contribution in [3.63, 3.8) is 0 Å². The summed E-state index contributed by atoms with van der Waals surface area (Å²) in [5.41, 5.74) is 1.21. The van der Waals surface area contributed by atoms with Gasteiger partial charge in [0.1, 0.15) is 5.01 Å². The lowest BCUT2D eigenvalue weighted by Crippen LogP contribution is -1.85. The number of hydrogen-bond donors (Lipinski definition) is 1. The van der Waals surface area contributed by atoms with Gasteiger partial charge in [0.15, 0.2) is 22.0 Å². The lowest BCUT2D eigenvalue weighted by atomic mass is 10.2. The maximum absolute atomic E-state index is 10.1. The summed E-state index contributed by atoms with van der Waals surface area (Å²) in [6.07, 6.45) is 3.22. The summed E-state index contributed by atoms with van der Waals surface area (Å²) < 4.78 is 5.08. The normalized spacial score (nSPS) is 10.7. The van der Waals surface area contributed by atoms with Crippen molar-refractivity contribution in [1.82, 2.24) is 15.0 Å². The molecule has 18 heavy (non-hydrogen) atoms. The number of aromatic hydroxyl groups is 1.